The molecule has 0 aromatic heterocycles. The van der Waals surface area contributed by atoms with Gasteiger partial charge in [-0.2, -0.15) is 0 Å². The summed E-state index contributed by atoms with van der Waals surface area (Å²) < 4.78 is 17.0. The summed E-state index contributed by atoms with van der Waals surface area (Å²) >= 11 is 0. The van der Waals surface area contributed by atoms with Crippen LogP contribution in [-0.2, 0) is 14.3 Å². The summed E-state index contributed by atoms with van der Waals surface area (Å²) in [6.07, 6.45) is 4.87. The Bertz CT molecular complexity index is 1220. The Hall–Kier alpha value is -3.62. The van der Waals surface area contributed by atoms with E-state index in [9.17, 15) is 14.7 Å². The first-order chi connectivity index (χ1) is 19.4. The van der Waals surface area contributed by atoms with Gasteiger partial charge in [0.15, 0.2) is 0 Å². The molecule has 40 heavy (non-hydrogen) atoms. The lowest BCUT2D eigenvalue weighted by Gasteiger charge is -2.31. The zero-order valence-electron chi connectivity index (χ0n) is 23.6. The molecule has 2 aromatic rings. The summed E-state index contributed by atoms with van der Waals surface area (Å²) in [4.78, 5) is 30.6. The van der Waals surface area contributed by atoms with Gasteiger partial charge < -0.3 is 24.2 Å². The third-order valence-electron chi connectivity index (χ3n) is 7.32. The number of aliphatic hydroxyl groups is 1. The molecule has 1 amide bonds. The van der Waals surface area contributed by atoms with Gasteiger partial charge in [0.25, 0.3) is 11.7 Å². The van der Waals surface area contributed by atoms with Crippen LogP contribution >= 0.6 is 0 Å². The molecule has 2 fully saturated rings. The normalized spacial score (nSPS) is 19.1. The van der Waals surface area contributed by atoms with Gasteiger partial charge in [-0.3, -0.25) is 14.5 Å². The molecule has 0 saturated carbocycles. The number of likely N-dealkylation sites (tertiary alicyclic amines) is 1. The molecule has 2 aliphatic heterocycles. The number of amides is 1. The van der Waals surface area contributed by atoms with Crippen molar-refractivity contribution in [3.63, 3.8) is 0 Å². The van der Waals surface area contributed by atoms with Gasteiger partial charge in [-0.05, 0) is 54.8 Å². The van der Waals surface area contributed by atoms with Crippen molar-refractivity contribution < 1.29 is 28.9 Å². The number of carbonyl (C=O) groups excluding carboxylic acids is 2. The SMILES string of the molecule is C=CCOc1ccc(/C(O)=C2\C(=O)C(=O)N(CCN3CCOCC3)C2c2ccc(OCCCCC)cc2)cc1C. The molecular weight excluding hydrogens is 508 g/mol. The fourth-order valence-electron chi connectivity index (χ4n) is 5.08. The quantitative estimate of drug-likeness (QED) is 0.125. The Balaban J connectivity index is 1.66. The van der Waals surface area contributed by atoms with E-state index in [-0.39, 0.29) is 11.3 Å². The second kappa shape index (κ2) is 14.1. The van der Waals surface area contributed by atoms with E-state index in [0.717, 1.165) is 49.2 Å². The number of Topliss-reactive ketones (excluding diaryl/α,β-unsaturated/α-hetero) is 1. The second-order valence-corrected chi connectivity index (χ2v) is 10.2. The average Bonchev–Trinajstić information content (AvgIpc) is 3.23. The second-order valence-electron chi connectivity index (χ2n) is 10.2. The van der Waals surface area contributed by atoms with Gasteiger partial charge in [0.2, 0.25) is 0 Å². The summed E-state index contributed by atoms with van der Waals surface area (Å²) in [6, 6.07) is 12.0. The predicted octanol–water partition coefficient (Wildman–Crippen LogP) is 4.88. The molecule has 2 saturated heterocycles. The van der Waals surface area contributed by atoms with Crippen LogP contribution in [0.25, 0.3) is 5.76 Å². The molecular formula is C32H40N2O6. The summed E-state index contributed by atoms with van der Waals surface area (Å²) in [7, 11) is 0. The lowest BCUT2D eigenvalue weighted by molar-refractivity contribution is -0.140. The van der Waals surface area contributed by atoms with E-state index in [0.29, 0.717) is 50.8 Å². The monoisotopic (exact) mass is 548 g/mol. The number of aryl methyl sites for hydroxylation is 1. The number of carbonyl (C=O) groups is 2. The predicted molar refractivity (Wildman–Crippen MR) is 155 cm³/mol. The van der Waals surface area contributed by atoms with Crippen LogP contribution in [0.2, 0.25) is 0 Å². The molecule has 1 atom stereocenters. The fourth-order valence-corrected chi connectivity index (χ4v) is 5.08. The minimum absolute atomic E-state index is 0.0859. The van der Waals surface area contributed by atoms with Gasteiger partial charge in [0.1, 0.15) is 23.9 Å². The van der Waals surface area contributed by atoms with Crippen molar-refractivity contribution in [1.29, 1.82) is 0 Å². The number of unbranched alkanes of at least 4 members (excludes halogenated alkanes) is 2. The van der Waals surface area contributed by atoms with Gasteiger partial charge in [0, 0.05) is 31.7 Å². The molecule has 1 N–H and O–H groups in total. The van der Waals surface area contributed by atoms with Crippen LogP contribution < -0.4 is 9.47 Å². The van der Waals surface area contributed by atoms with E-state index in [2.05, 4.69) is 18.4 Å². The highest BCUT2D eigenvalue weighted by atomic mass is 16.5. The van der Waals surface area contributed by atoms with Crippen molar-refractivity contribution in [2.75, 3.05) is 52.6 Å². The maximum absolute atomic E-state index is 13.4. The molecule has 8 nitrogen and oxygen atoms in total. The lowest BCUT2D eigenvalue weighted by atomic mass is 9.94. The number of morpholine rings is 1. The van der Waals surface area contributed by atoms with Crippen molar-refractivity contribution in [1.82, 2.24) is 9.80 Å². The number of nitrogens with zero attached hydrogens (tertiary/aromatic N) is 2. The highest BCUT2D eigenvalue weighted by Crippen LogP contribution is 2.40. The van der Waals surface area contributed by atoms with E-state index < -0.39 is 17.7 Å². The summed E-state index contributed by atoms with van der Waals surface area (Å²) in [5.41, 5.74) is 2.08. The molecule has 2 heterocycles. The summed E-state index contributed by atoms with van der Waals surface area (Å²) in [5.74, 6) is -0.101. The third kappa shape index (κ3) is 6.92. The number of ketones is 1. The molecule has 0 spiro atoms. The topological polar surface area (TPSA) is 88.5 Å². The first-order valence-corrected chi connectivity index (χ1v) is 14.1. The average molecular weight is 549 g/mol. The van der Waals surface area contributed by atoms with Crippen LogP contribution in [0.5, 0.6) is 11.5 Å². The van der Waals surface area contributed by atoms with Gasteiger partial charge in [-0.15, -0.1) is 0 Å². The number of ether oxygens (including phenoxy) is 3. The Labute approximate surface area is 236 Å². The first-order valence-electron chi connectivity index (χ1n) is 14.1. The van der Waals surface area contributed by atoms with E-state index in [1.54, 1.807) is 29.2 Å². The lowest BCUT2D eigenvalue weighted by Crippen LogP contribution is -2.42. The van der Waals surface area contributed by atoms with Gasteiger partial charge in [-0.1, -0.05) is 44.6 Å². The van der Waals surface area contributed by atoms with Crippen LogP contribution in [0.15, 0.2) is 60.7 Å². The molecule has 2 aromatic carbocycles. The summed E-state index contributed by atoms with van der Waals surface area (Å²) in [5, 5.41) is 11.5. The van der Waals surface area contributed by atoms with Crippen LogP contribution in [0.1, 0.15) is 48.9 Å². The molecule has 0 bridgehead atoms. The van der Waals surface area contributed by atoms with Crippen molar-refractivity contribution in [3.05, 3.63) is 77.4 Å². The van der Waals surface area contributed by atoms with Crippen LogP contribution in [0, 0.1) is 6.92 Å². The maximum atomic E-state index is 13.4. The molecule has 8 heteroatoms. The largest absolute Gasteiger partial charge is 0.507 e. The number of hydrogen-bond acceptors (Lipinski definition) is 7. The number of aliphatic hydroxyl groups excluding tert-OH is 1. The van der Waals surface area contributed by atoms with Crippen LogP contribution in [0.4, 0.5) is 0 Å². The molecule has 0 aliphatic carbocycles. The minimum atomic E-state index is -0.716. The Morgan fingerprint density at radius 1 is 1.07 bits per heavy atom. The standard InChI is InChI=1S/C32H40N2O6/c1-4-6-7-19-39-26-11-8-24(9-12-26)29-28(30(35)25-10-13-27(23(3)22-25)40-18-5-2)31(36)32(37)34(29)15-14-33-16-20-38-21-17-33/h5,8-13,22,29,35H,2,4,6-7,14-21H2,1,3H3/b30-28+. The smallest absolute Gasteiger partial charge is 0.295 e. The van der Waals surface area contributed by atoms with E-state index in [1.165, 1.54) is 0 Å². The highest BCUT2D eigenvalue weighted by molar-refractivity contribution is 6.46. The van der Waals surface area contributed by atoms with E-state index >= 15 is 0 Å². The zero-order chi connectivity index (χ0) is 28.5. The van der Waals surface area contributed by atoms with Crippen LogP contribution in [-0.4, -0.2) is 79.2 Å². The third-order valence-corrected chi connectivity index (χ3v) is 7.32. The molecule has 1 unspecified atom stereocenters. The highest BCUT2D eigenvalue weighted by Gasteiger charge is 2.46. The molecule has 0 radical (unpaired) electrons. The van der Waals surface area contributed by atoms with E-state index in [4.69, 9.17) is 14.2 Å². The number of hydrogen-bond donors (Lipinski definition) is 1. The first kappa shape index (κ1) is 29.4. The van der Waals surface area contributed by atoms with Crippen molar-refractivity contribution in [3.8, 4) is 11.5 Å². The molecule has 2 aliphatic rings. The zero-order valence-corrected chi connectivity index (χ0v) is 23.6. The number of rotatable bonds is 13. The Kier molecular flexibility index (Phi) is 10.4. The van der Waals surface area contributed by atoms with Gasteiger partial charge >= 0.3 is 0 Å². The Morgan fingerprint density at radius 3 is 2.50 bits per heavy atom. The van der Waals surface area contributed by atoms with Gasteiger partial charge in [-0.25, -0.2) is 0 Å². The molecule has 214 valence electrons. The van der Waals surface area contributed by atoms with Gasteiger partial charge in [0.05, 0.1) is 31.4 Å². The minimum Gasteiger partial charge on any atom is -0.507 e. The maximum Gasteiger partial charge on any atom is 0.295 e. The fraction of sp³-hybridized carbons (Fsp3) is 0.438. The van der Waals surface area contributed by atoms with Crippen molar-refractivity contribution in [2.45, 2.75) is 39.2 Å². The van der Waals surface area contributed by atoms with Crippen molar-refractivity contribution >= 4 is 17.4 Å². The summed E-state index contributed by atoms with van der Waals surface area (Å²) in [6.45, 7) is 12.5. The van der Waals surface area contributed by atoms with E-state index in [1.807, 2.05) is 31.2 Å². The number of benzene rings is 2. The Morgan fingerprint density at radius 2 is 1.82 bits per heavy atom. The van der Waals surface area contributed by atoms with Crippen molar-refractivity contribution in [2.24, 2.45) is 0 Å². The van der Waals surface area contributed by atoms with Crippen LogP contribution in [0.3, 0.4) is 0 Å². The molecule has 4 rings (SSSR count).